The quantitative estimate of drug-likeness (QED) is 0.657. The molecule has 1 aliphatic rings. The predicted octanol–water partition coefficient (Wildman–Crippen LogP) is 0.867. The second kappa shape index (κ2) is 6.42. The van der Waals surface area contributed by atoms with E-state index in [-0.39, 0.29) is 19.0 Å². The van der Waals surface area contributed by atoms with Crippen molar-refractivity contribution in [2.45, 2.75) is 19.0 Å². The van der Waals surface area contributed by atoms with E-state index in [0.29, 0.717) is 30.0 Å². The summed E-state index contributed by atoms with van der Waals surface area (Å²) >= 11 is 0. The maximum Gasteiger partial charge on any atom is 0.402 e. The van der Waals surface area contributed by atoms with Crippen LogP contribution in [0.3, 0.4) is 0 Å². The minimum atomic E-state index is -4.59. The second-order valence-electron chi connectivity index (χ2n) is 6.44. The Balaban J connectivity index is 1.49. The highest BCUT2D eigenvalue weighted by atomic mass is 32.2. The van der Waals surface area contributed by atoms with Gasteiger partial charge in [0.05, 0.1) is 11.7 Å². The number of hydrogen-bond donors (Lipinski definition) is 2. The lowest BCUT2D eigenvalue weighted by atomic mass is 10.0. The molecule has 13 heteroatoms. The van der Waals surface area contributed by atoms with Crippen LogP contribution in [0.1, 0.15) is 12.2 Å². The fourth-order valence-electron chi connectivity index (χ4n) is 3.27. The van der Waals surface area contributed by atoms with Gasteiger partial charge in [-0.05, 0) is 18.4 Å². The molecule has 3 aromatic heterocycles. The summed E-state index contributed by atoms with van der Waals surface area (Å²) < 4.78 is 65.4. The zero-order valence-electron chi connectivity index (χ0n) is 13.9. The molecule has 4 rings (SSSR count). The van der Waals surface area contributed by atoms with Crippen molar-refractivity contribution in [3.63, 3.8) is 0 Å². The van der Waals surface area contributed by atoms with Crippen molar-refractivity contribution in [3.05, 3.63) is 24.3 Å². The number of rotatable bonds is 5. The van der Waals surface area contributed by atoms with Crippen LogP contribution in [0, 0.1) is 5.92 Å². The molecule has 4 heterocycles. The highest BCUT2D eigenvalue weighted by Crippen LogP contribution is 2.24. The van der Waals surface area contributed by atoms with Gasteiger partial charge in [0.25, 0.3) is 10.2 Å². The van der Waals surface area contributed by atoms with Crippen LogP contribution in [0.5, 0.6) is 0 Å². The molecule has 0 unspecified atom stereocenters. The molecule has 1 atom stereocenters. The van der Waals surface area contributed by atoms with E-state index in [1.807, 2.05) is 10.5 Å². The molecule has 146 valence electrons. The van der Waals surface area contributed by atoms with Crippen LogP contribution in [0.25, 0.3) is 16.8 Å². The maximum absolute atomic E-state index is 12.3. The van der Waals surface area contributed by atoms with E-state index in [4.69, 9.17) is 0 Å². The molecule has 0 bridgehead atoms. The van der Waals surface area contributed by atoms with Crippen molar-refractivity contribution in [2.24, 2.45) is 5.92 Å². The molecule has 3 aromatic rings. The van der Waals surface area contributed by atoms with Gasteiger partial charge < -0.3 is 4.98 Å². The number of nitrogens with zero attached hydrogens (tertiary/aromatic N) is 5. The van der Waals surface area contributed by atoms with E-state index < -0.39 is 22.9 Å². The van der Waals surface area contributed by atoms with Crippen LogP contribution in [-0.2, 0) is 16.6 Å². The number of halogens is 3. The van der Waals surface area contributed by atoms with Gasteiger partial charge in [0, 0.05) is 25.7 Å². The van der Waals surface area contributed by atoms with Crippen molar-refractivity contribution in [1.29, 1.82) is 0 Å². The Morgan fingerprint density at radius 2 is 2.15 bits per heavy atom. The average molecular weight is 403 g/mol. The van der Waals surface area contributed by atoms with Gasteiger partial charge in [-0.2, -0.15) is 30.6 Å². The minimum Gasteiger partial charge on any atom is -0.345 e. The maximum atomic E-state index is 12.3. The first-order chi connectivity index (χ1) is 12.7. The van der Waals surface area contributed by atoms with E-state index in [9.17, 15) is 21.6 Å². The van der Waals surface area contributed by atoms with Crippen LogP contribution in [0.2, 0.25) is 0 Å². The largest absolute Gasteiger partial charge is 0.402 e. The number of aromatic amines is 1. The highest BCUT2D eigenvalue weighted by molar-refractivity contribution is 7.87. The first kappa shape index (κ1) is 18.1. The lowest BCUT2D eigenvalue weighted by Crippen LogP contribution is -2.43. The highest BCUT2D eigenvalue weighted by Gasteiger charge is 2.35. The number of alkyl halides is 3. The first-order valence-corrected chi connectivity index (χ1v) is 9.64. The molecule has 0 amide bonds. The molecule has 27 heavy (non-hydrogen) atoms. The Hall–Kier alpha value is -2.25. The Kier molecular flexibility index (Phi) is 4.31. The molecule has 9 nitrogen and oxygen atoms in total. The van der Waals surface area contributed by atoms with Gasteiger partial charge in [-0.15, -0.1) is 10.2 Å². The summed E-state index contributed by atoms with van der Waals surface area (Å²) in [5.41, 5.74) is 2.06. The van der Waals surface area contributed by atoms with Crippen molar-refractivity contribution < 1.29 is 21.6 Å². The van der Waals surface area contributed by atoms with Gasteiger partial charge in [-0.1, -0.05) is 0 Å². The second-order valence-corrected chi connectivity index (χ2v) is 8.19. The molecule has 0 aliphatic carbocycles. The Bertz CT molecular complexity index is 1080. The van der Waals surface area contributed by atoms with E-state index in [0.717, 1.165) is 9.82 Å². The normalized spacial score (nSPS) is 19.4. The van der Waals surface area contributed by atoms with Crippen molar-refractivity contribution in [3.8, 4) is 0 Å². The van der Waals surface area contributed by atoms with Crippen LogP contribution >= 0.6 is 0 Å². The number of hydrogen-bond acceptors (Lipinski definition) is 5. The molecule has 1 fully saturated rings. The zero-order chi connectivity index (χ0) is 19.2. The van der Waals surface area contributed by atoms with Crippen LogP contribution in [-0.4, -0.2) is 63.1 Å². The molecule has 0 spiro atoms. The molecule has 2 N–H and O–H groups in total. The zero-order valence-corrected chi connectivity index (χ0v) is 14.8. The van der Waals surface area contributed by atoms with Gasteiger partial charge in [-0.25, -0.2) is 4.98 Å². The Morgan fingerprint density at radius 1 is 1.33 bits per heavy atom. The third-order valence-corrected chi connectivity index (χ3v) is 6.04. The van der Waals surface area contributed by atoms with Gasteiger partial charge in [0.2, 0.25) is 0 Å². The third-order valence-electron chi connectivity index (χ3n) is 4.52. The van der Waals surface area contributed by atoms with Gasteiger partial charge in [-0.3, -0.25) is 4.40 Å². The van der Waals surface area contributed by atoms with Gasteiger partial charge in [0.1, 0.15) is 12.4 Å². The summed E-state index contributed by atoms with van der Waals surface area (Å²) in [5, 5.41) is 8.25. The van der Waals surface area contributed by atoms with Gasteiger partial charge >= 0.3 is 6.18 Å². The number of fused-ring (bicyclic) bond motifs is 3. The lowest BCUT2D eigenvalue weighted by molar-refractivity contribution is -0.121. The lowest BCUT2D eigenvalue weighted by Gasteiger charge is -2.17. The van der Waals surface area contributed by atoms with Crippen LogP contribution < -0.4 is 4.72 Å². The van der Waals surface area contributed by atoms with E-state index >= 15 is 0 Å². The van der Waals surface area contributed by atoms with E-state index in [1.165, 1.54) is 0 Å². The summed E-state index contributed by atoms with van der Waals surface area (Å²) in [5.74, 6) is 0.589. The number of nitrogens with one attached hydrogen (secondary N) is 2. The topological polar surface area (TPSA) is 108 Å². The average Bonchev–Trinajstić information content (AvgIpc) is 3.31. The molecule has 1 aliphatic heterocycles. The molecular weight excluding hydrogens is 387 g/mol. The summed E-state index contributed by atoms with van der Waals surface area (Å²) in [6, 6.07) is 1.84. The summed E-state index contributed by atoms with van der Waals surface area (Å²) in [7, 11) is -4.17. The summed E-state index contributed by atoms with van der Waals surface area (Å²) in [6.45, 7) is -1.29. The summed E-state index contributed by atoms with van der Waals surface area (Å²) in [6.07, 6.45) is -0.276. The van der Waals surface area contributed by atoms with E-state index in [2.05, 4.69) is 20.2 Å². The molecular formula is C14H16F3N7O2S. The fourth-order valence-corrected chi connectivity index (χ4v) is 4.55. The Labute approximate surface area is 151 Å². The SMILES string of the molecule is O=S(=O)(NCC(F)(F)F)N1CC[C@@H](Cc2nnc3cnc4[nH]ccc4n23)C1. The molecule has 0 saturated carbocycles. The van der Waals surface area contributed by atoms with Crippen LogP contribution in [0.15, 0.2) is 18.5 Å². The fraction of sp³-hybridized carbons (Fsp3) is 0.500. The van der Waals surface area contributed by atoms with Gasteiger partial charge in [0.15, 0.2) is 11.3 Å². The van der Waals surface area contributed by atoms with Crippen molar-refractivity contribution in [2.75, 3.05) is 19.6 Å². The molecule has 0 aromatic carbocycles. The van der Waals surface area contributed by atoms with E-state index in [1.54, 1.807) is 17.1 Å². The monoisotopic (exact) mass is 403 g/mol. The van der Waals surface area contributed by atoms with Crippen molar-refractivity contribution in [1.82, 2.24) is 33.6 Å². The summed E-state index contributed by atoms with van der Waals surface area (Å²) in [4.78, 5) is 7.23. The minimum absolute atomic E-state index is 0.0676. The number of aromatic nitrogens is 5. The smallest absolute Gasteiger partial charge is 0.345 e. The predicted molar refractivity (Wildman–Crippen MR) is 89.0 cm³/mol. The van der Waals surface area contributed by atoms with Crippen molar-refractivity contribution >= 4 is 27.0 Å². The van der Waals surface area contributed by atoms with Crippen LogP contribution in [0.4, 0.5) is 13.2 Å². The number of H-pyrrole nitrogens is 1. The standard InChI is InChI=1S/C14H16F3N7O2S/c15-14(16,17)8-20-27(25,26)23-4-2-9(7-23)5-11-21-22-12-6-19-13-10(24(11)12)1-3-18-13/h1,3,6,9,18,20H,2,4-5,7-8H2/t9-/m0/s1. The first-order valence-electron chi connectivity index (χ1n) is 8.20. The molecule has 0 radical (unpaired) electrons. The Morgan fingerprint density at radius 3 is 2.93 bits per heavy atom. The third kappa shape index (κ3) is 3.61. The molecule has 1 saturated heterocycles.